The van der Waals surface area contributed by atoms with Crippen LogP contribution in [0.15, 0.2) is 24.3 Å². The third kappa shape index (κ3) is 2.27. The molecule has 0 aliphatic rings. The molecule has 0 amide bonds. The quantitative estimate of drug-likeness (QED) is 0.353. The predicted molar refractivity (Wildman–Crippen MR) is 44.6 cm³/mol. The Morgan fingerprint density at radius 2 is 1.08 bits per heavy atom. The van der Waals surface area contributed by atoms with E-state index in [1.807, 2.05) is 0 Å². The summed E-state index contributed by atoms with van der Waals surface area (Å²) in [6, 6.07) is 0. The molecule has 64 valence electrons. The van der Waals surface area contributed by atoms with Gasteiger partial charge in [-0.2, -0.15) is 0 Å². The molecule has 0 aromatic heterocycles. The SMILES string of the molecule is C=C(C(C)=O)C(=O)C(=C)C(C)=O. The Kier molecular flexibility index (Phi) is 3.29. The molecule has 0 saturated heterocycles. The van der Waals surface area contributed by atoms with Crippen LogP contribution in [0.5, 0.6) is 0 Å². The van der Waals surface area contributed by atoms with Crippen LogP contribution < -0.4 is 0 Å². The maximum absolute atomic E-state index is 11.1. The van der Waals surface area contributed by atoms with Gasteiger partial charge in [0, 0.05) is 0 Å². The van der Waals surface area contributed by atoms with Crippen molar-refractivity contribution in [1.82, 2.24) is 0 Å². The Bertz CT molecular complexity index is 256. The third-order valence-corrected chi connectivity index (χ3v) is 1.40. The predicted octanol–water partition coefficient (Wildman–Crippen LogP) is 0.846. The van der Waals surface area contributed by atoms with Crippen LogP contribution in [-0.2, 0) is 14.4 Å². The van der Waals surface area contributed by atoms with E-state index in [2.05, 4.69) is 13.2 Å². The van der Waals surface area contributed by atoms with Crippen molar-refractivity contribution in [3.63, 3.8) is 0 Å². The van der Waals surface area contributed by atoms with Gasteiger partial charge in [-0.1, -0.05) is 13.2 Å². The van der Waals surface area contributed by atoms with Crippen LogP contribution in [0, 0.1) is 0 Å². The minimum atomic E-state index is -0.671. The molecule has 3 nitrogen and oxygen atoms in total. The fraction of sp³-hybridized carbons (Fsp3) is 0.222. The topological polar surface area (TPSA) is 51.2 Å². The van der Waals surface area contributed by atoms with Crippen LogP contribution in [0.25, 0.3) is 0 Å². The zero-order chi connectivity index (χ0) is 9.89. The minimum absolute atomic E-state index is 0.199. The van der Waals surface area contributed by atoms with Gasteiger partial charge in [-0.3, -0.25) is 14.4 Å². The van der Waals surface area contributed by atoms with Crippen molar-refractivity contribution in [1.29, 1.82) is 0 Å². The van der Waals surface area contributed by atoms with Crippen LogP contribution in [0.4, 0.5) is 0 Å². The lowest BCUT2D eigenvalue weighted by molar-refractivity contribution is -0.120. The van der Waals surface area contributed by atoms with E-state index in [4.69, 9.17) is 0 Å². The Balaban J connectivity index is 4.63. The van der Waals surface area contributed by atoms with Gasteiger partial charge in [-0.15, -0.1) is 0 Å². The Morgan fingerprint density at radius 3 is 1.25 bits per heavy atom. The second-order valence-electron chi connectivity index (χ2n) is 2.40. The van der Waals surface area contributed by atoms with E-state index in [1.165, 1.54) is 13.8 Å². The van der Waals surface area contributed by atoms with Gasteiger partial charge in [0.25, 0.3) is 0 Å². The number of rotatable bonds is 4. The van der Waals surface area contributed by atoms with E-state index in [-0.39, 0.29) is 11.1 Å². The van der Waals surface area contributed by atoms with Crippen molar-refractivity contribution in [2.75, 3.05) is 0 Å². The molecule has 0 spiro atoms. The highest BCUT2D eigenvalue weighted by Gasteiger charge is 2.17. The van der Waals surface area contributed by atoms with Gasteiger partial charge in [0.05, 0.1) is 11.1 Å². The van der Waals surface area contributed by atoms with Gasteiger partial charge in [-0.05, 0) is 13.8 Å². The highest BCUT2D eigenvalue weighted by Crippen LogP contribution is 2.04. The van der Waals surface area contributed by atoms with Crippen molar-refractivity contribution in [2.24, 2.45) is 0 Å². The minimum Gasteiger partial charge on any atom is -0.294 e. The first-order chi connectivity index (χ1) is 5.37. The van der Waals surface area contributed by atoms with Crippen LogP contribution in [0.2, 0.25) is 0 Å². The molecule has 3 heteroatoms. The maximum Gasteiger partial charge on any atom is 0.198 e. The van der Waals surface area contributed by atoms with Crippen molar-refractivity contribution in [3.05, 3.63) is 24.3 Å². The first kappa shape index (κ1) is 10.5. The number of carbonyl (C=O) groups excluding carboxylic acids is 3. The van der Waals surface area contributed by atoms with Gasteiger partial charge < -0.3 is 0 Å². The van der Waals surface area contributed by atoms with E-state index in [0.717, 1.165) is 0 Å². The summed E-state index contributed by atoms with van der Waals surface area (Å²) < 4.78 is 0. The lowest BCUT2D eigenvalue weighted by atomic mass is 10.0. The van der Waals surface area contributed by atoms with Crippen LogP contribution in [0.3, 0.4) is 0 Å². The largest absolute Gasteiger partial charge is 0.294 e. The molecule has 0 aliphatic carbocycles. The highest BCUT2D eigenvalue weighted by molar-refractivity contribution is 6.33. The first-order valence-electron chi connectivity index (χ1n) is 3.32. The summed E-state index contributed by atoms with van der Waals surface area (Å²) in [6.45, 7) is 8.92. The summed E-state index contributed by atoms with van der Waals surface area (Å²) in [5, 5.41) is 0. The normalized spacial score (nSPS) is 8.83. The summed E-state index contributed by atoms with van der Waals surface area (Å²) in [5.41, 5.74) is -0.398. The molecule has 0 radical (unpaired) electrons. The Labute approximate surface area is 70.8 Å². The average molecular weight is 166 g/mol. The van der Waals surface area contributed by atoms with Crippen molar-refractivity contribution < 1.29 is 14.4 Å². The molecule has 0 aromatic carbocycles. The van der Waals surface area contributed by atoms with Crippen molar-refractivity contribution in [3.8, 4) is 0 Å². The molecule has 0 atom stereocenters. The van der Waals surface area contributed by atoms with E-state index in [9.17, 15) is 14.4 Å². The van der Waals surface area contributed by atoms with Gasteiger partial charge >= 0.3 is 0 Å². The summed E-state index contributed by atoms with van der Waals surface area (Å²) in [4.78, 5) is 32.4. The number of ketones is 3. The molecule has 0 bridgehead atoms. The van der Waals surface area contributed by atoms with Crippen LogP contribution in [0.1, 0.15) is 13.8 Å². The Morgan fingerprint density at radius 1 is 0.833 bits per heavy atom. The molecule has 0 heterocycles. The van der Waals surface area contributed by atoms with Crippen molar-refractivity contribution >= 4 is 17.3 Å². The maximum atomic E-state index is 11.1. The summed E-state index contributed by atoms with van der Waals surface area (Å²) in [5.74, 6) is -1.56. The fourth-order valence-corrected chi connectivity index (χ4v) is 0.502. The number of allylic oxidation sites excluding steroid dienone is 2. The standard InChI is InChI=1S/C9H10O3/c1-5(7(3)10)9(12)6(2)8(4)11/h1-2H2,3-4H3. The zero-order valence-electron chi connectivity index (χ0n) is 7.14. The summed E-state index contributed by atoms with van der Waals surface area (Å²) in [6.07, 6.45) is 0. The molecule has 0 saturated carbocycles. The zero-order valence-corrected chi connectivity index (χ0v) is 7.14. The third-order valence-electron chi connectivity index (χ3n) is 1.40. The van der Waals surface area contributed by atoms with E-state index in [0.29, 0.717) is 0 Å². The number of hydrogen-bond donors (Lipinski definition) is 0. The molecule has 0 rings (SSSR count). The molecule has 12 heavy (non-hydrogen) atoms. The molecule has 0 fully saturated rings. The first-order valence-corrected chi connectivity index (χ1v) is 3.32. The molecular formula is C9H10O3. The number of hydrogen-bond acceptors (Lipinski definition) is 3. The molecule has 0 unspecified atom stereocenters. The monoisotopic (exact) mass is 166 g/mol. The number of carbonyl (C=O) groups is 3. The Hall–Kier alpha value is -1.51. The fourth-order valence-electron chi connectivity index (χ4n) is 0.502. The highest BCUT2D eigenvalue weighted by atomic mass is 16.2. The number of Topliss-reactive ketones (excluding diaryl/α,β-unsaturated/α-hetero) is 3. The smallest absolute Gasteiger partial charge is 0.198 e. The van der Waals surface area contributed by atoms with Crippen molar-refractivity contribution in [2.45, 2.75) is 13.8 Å². The van der Waals surface area contributed by atoms with E-state index < -0.39 is 17.3 Å². The second kappa shape index (κ2) is 3.76. The van der Waals surface area contributed by atoms with Gasteiger partial charge in [0.2, 0.25) is 0 Å². The van der Waals surface area contributed by atoms with E-state index >= 15 is 0 Å². The second-order valence-corrected chi connectivity index (χ2v) is 2.40. The molecule has 0 aliphatic heterocycles. The summed E-state index contributed by atoms with van der Waals surface area (Å²) >= 11 is 0. The van der Waals surface area contributed by atoms with Gasteiger partial charge in [0.15, 0.2) is 17.3 Å². The molecular weight excluding hydrogens is 156 g/mol. The summed E-state index contributed by atoms with van der Waals surface area (Å²) in [7, 11) is 0. The van der Waals surface area contributed by atoms with E-state index in [1.54, 1.807) is 0 Å². The lowest BCUT2D eigenvalue weighted by Gasteiger charge is -1.99. The van der Waals surface area contributed by atoms with Crippen LogP contribution >= 0.6 is 0 Å². The van der Waals surface area contributed by atoms with Gasteiger partial charge in [0.1, 0.15) is 0 Å². The van der Waals surface area contributed by atoms with Crippen LogP contribution in [-0.4, -0.2) is 17.3 Å². The lowest BCUT2D eigenvalue weighted by Crippen LogP contribution is -2.14. The average Bonchev–Trinajstić information content (AvgIpc) is 2.00. The molecule has 0 N–H and O–H groups in total. The molecule has 0 aromatic rings. The van der Waals surface area contributed by atoms with Gasteiger partial charge in [-0.25, -0.2) is 0 Å².